The second kappa shape index (κ2) is 9.98. The summed E-state index contributed by atoms with van der Waals surface area (Å²) in [5.74, 6) is 0. The van der Waals surface area contributed by atoms with Gasteiger partial charge in [0.25, 0.3) is 0 Å². The van der Waals surface area contributed by atoms with E-state index in [9.17, 15) is 0 Å². The van der Waals surface area contributed by atoms with Gasteiger partial charge in [0.05, 0.1) is 16.1 Å². The van der Waals surface area contributed by atoms with Gasteiger partial charge in [0.15, 0.2) is 0 Å². The van der Waals surface area contributed by atoms with Crippen molar-refractivity contribution >= 4 is 34.8 Å². The van der Waals surface area contributed by atoms with Gasteiger partial charge in [-0.25, -0.2) is 0 Å². The van der Waals surface area contributed by atoms with E-state index in [-0.39, 0.29) is 0 Å². The van der Waals surface area contributed by atoms with Gasteiger partial charge in [-0.3, -0.25) is 0 Å². The van der Waals surface area contributed by atoms with E-state index in [1.165, 1.54) is 0 Å². The Balaban J connectivity index is 0. The van der Waals surface area contributed by atoms with Crippen LogP contribution in [-0.2, 0) is 17.0 Å². The van der Waals surface area contributed by atoms with Crippen LogP contribution in [0.2, 0.25) is 39.3 Å². The average Bonchev–Trinajstić information content (AvgIpc) is 2.69. The van der Waals surface area contributed by atoms with E-state index >= 15 is 0 Å². The van der Waals surface area contributed by atoms with Crippen molar-refractivity contribution in [2.24, 2.45) is 0 Å². The third-order valence-corrected chi connectivity index (χ3v) is 6.57. The molecule has 0 aromatic heterocycles. The van der Waals surface area contributed by atoms with E-state index < -0.39 is 33.2 Å². The second-order valence-corrected chi connectivity index (χ2v) is 18.7. The summed E-state index contributed by atoms with van der Waals surface area (Å²) in [5.41, 5.74) is 0. The molecule has 6 heteroatoms. The minimum atomic E-state index is -1.07. The Morgan fingerprint density at radius 1 is 0.889 bits per heavy atom. The number of allylic oxidation sites excluding steroid dienone is 4. The average molecular weight is 360 g/mol. The summed E-state index contributed by atoms with van der Waals surface area (Å²) in [6, 6.07) is 0. The summed E-state index contributed by atoms with van der Waals surface area (Å²) in [6.07, 6.45) is 7.15. The standard InChI is InChI=1S/C11H21Si2.CH4O.2ClH.Ti/c1-12(2,3)10-7-8-11(9-10)13(4,5)6;1-2;;;/h7-9H,1-6H3;2H,1H3;2*1H;/q;;;;+2/p-2. The number of halogens is 2. The molecule has 0 bridgehead atoms. The number of hydrogen-bond donors (Lipinski definition) is 1. The maximum absolute atomic E-state index is 7.00. The van der Waals surface area contributed by atoms with Crippen LogP contribution in [0.1, 0.15) is 0 Å². The first-order valence-electron chi connectivity index (χ1n) is 5.81. The summed E-state index contributed by atoms with van der Waals surface area (Å²) in [7, 11) is 8.64. The molecule has 18 heavy (non-hydrogen) atoms. The van der Waals surface area contributed by atoms with Crippen LogP contribution in [0.25, 0.3) is 0 Å². The molecule has 1 N–H and O–H groups in total. The summed E-state index contributed by atoms with van der Waals surface area (Å²) >= 11 is -0.556. The molecule has 0 spiro atoms. The molecule has 0 fully saturated rings. The molecule has 0 unspecified atom stereocenters. The van der Waals surface area contributed by atoms with Gasteiger partial charge in [0.1, 0.15) is 0 Å². The Morgan fingerprint density at radius 3 is 1.39 bits per heavy atom. The van der Waals surface area contributed by atoms with Gasteiger partial charge < -0.3 is 5.11 Å². The monoisotopic (exact) mass is 359 g/mol. The van der Waals surface area contributed by atoms with Gasteiger partial charge in [-0.05, 0) is 0 Å². The van der Waals surface area contributed by atoms with E-state index in [1.54, 1.807) is 10.4 Å². The van der Waals surface area contributed by atoms with Crippen molar-refractivity contribution in [2.75, 3.05) is 7.11 Å². The first-order chi connectivity index (χ1) is 8.12. The Morgan fingerprint density at radius 2 is 1.22 bits per heavy atom. The van der Waals surface area contributed by atoms with Gasteiger partial charge in [-0.2, -0.15) is 0 Å². The molecule has 1 nitrogen and oxygen atoms in total. The zero-order valence-electron chi connectivity index (χ0n) is 12.4. The third-order valence-electron chi connectivity index (χ3n) is 2.49. The van der Waals surface area contributed by atoms with Gasteiger partial charge in [0.2, 0.25) is 0 Å². The van der Waals surface area contributed by atoms with Crippen LogP contribution in [0.4, 0.5) is 0 Å². The molecular formula is C12H25Cl2OSi2Ti. The SMILES string of the molecule is CO.C[Si](C)(C)C1=CC([Si](C)(C)C)=C[CH]1.[Cl][Ti][Cl]. The third kappa shape index (κ3) is 9.13. The summed E-state index contributed by atoms with van der Waals surface area (Å²) < 4.78 is 0. The number of aliphatic hydroxyl groups is 1. The van der Waals surface area contributed by atoms with Gasteiger partial charge in [0, 0.05) is 13.5 Å². The van der Waals surface area contributed by atoms with Crippen molar-refractivity contribution in [1.82, 2.24) is 0 Å². The molecule has 0 saturated heterocycles. The van der Waals surface area contributed by atoms with E-state index in [1.807, 2.05) is 0 Å². The fourth-order valence-corrected chi connectivity index (χ4v) is 3.86. The predicted molar refractivity (Wildman–Crippen MR) is 87.0 cm³/mol. The quantitative estimate of drug-likeness (QED) is 0.702. The Bertz CT molecular complexity index is 291. The zero-order valence-corrected chi connectivity index (χ0v) is 17.5. The van der Waals surface area contributed by atoms with Crippen LogP contribution in [0.3, 0.4) is 0 Å². The molecule has 1 rings (SSSR count). The number of aliphatic hydroxyl groups excluding tert-OH is 1. The molecule has 1 aliphatic carbocycles. The Labute approximate surface area is 131 Å². The molecule has 0 aliphatic heterocycles. The van der Waals surface area contributed by atoms with Gasteiger partial charge >= 0.3 is 35.6 Å². The summed E-state index contributed by atoms with van der Waals surface area (Å²) in [4.78, 5) is 0. The molecule has 0 aromatic rings. The van der Waals surface area contributed by atoms with Gasteiger partial charge in [-0.15, -0.1) is 0 Å². The number of rotatable bonds is 2. The van der Waals surface area contributed by atoms with Crippen molar-refractivity contribution in [3.63, 3.8) is 0 Å². The molecule has 0 atom stereocenters. The molecular weight excluding hydrogens is 335 g/mol. The van der Waals surface area contributed by atoms with Crippen LogP contribution >= 0.6 is 18.6 Å². The molecule has 0 aromatic carbocycles. The normalized spacial score (nSPS) is 14.6. The molecule has 0 heterocycles. The summed E-state index contributed by atoms with van der Waals surface area (Å²) in [5, 5.41) is 10.2. The molecule has 1 radical (unpaired) electrons. The fraction of sp³-hybridized carbons (Fsp3) is 0.583. The number of hydrogen-bond acceptors (Lipinski definition) is 1. The van der Waals surface area contributed by atoms with Crippen LogP contribution in [-0.4, -0.2) is 28.4 Å². The van der Waals surface area contributed by atoms with Gasteiger partial charge in [-0.1, -0.05) is 61.8 Å². The van der Waals surface area contributed by atoms with Crippen molar-refractivity contribution in [3.05, 3.63) is 29.0 Å². The fourth-order valence-electron chi connectivity index (χ4n) is 1.38. The Kier molecular flexibility index (Phi) is 11.9. The first kappa shape index (κ1) is 21.5. The van der Waals surface area contributed by atoms with E-state index in [0.29, 0.717) is 0 Å². The van der Waals surface area contributed by atoms with Crippen molar-refractivity contribution in [2.45, 2.75) is 39.3 Å². The van der Waals surface area contributed by atoms with E-state index in [4.69, 9.17) is 23.7 Å². The minimum absolute atomic E-state index is 0.556. The van der Waals surface area contributed by atoms with Crippen LogP contribution in [0.15, 0.2) is 22.5 Å². The van der Waals surface area contributed by atoms with Crippen LogP contribution in [0, 0.1) is 6.42 Å². The zero-order chi connectivity index (χ0) is 15.0. The van der Waals surface area contributed by atoms with Crippen molar-refractivity contribution < 1.29 is 22.1 Å². The van der Waals surface area contributed by atoms with Crippen molar-refractivity contribution in [1.29, 1.82) is 0 Å². The predicted octanol–water partition coefficient (Wildman–Crippen LogP) is 4.80. The van der Waals surface area contributed by atoms with E-state index in [0.717, 1.165) is 7.11 Å². The van der Waals surface area contributed by atoms with Crippen molar-refractivity contribution in [3.8, 4) is 0 Å². The molecule has 1 aliphatic rings. The summed E-state index contributed by atoms with van der Waals surface area (Å²) in [6.45, 7) is 14.5. The Hall–Kier alpha value is 1.17. The maximum atomic E-state index is 7.00. The molecule has 0 saturated carbocycles. The van der Waals surface area contributed by atoms with E-state index in [2.05, 4.69) is 57.9 Å². The van der Waals surface area contributed by atoms with Crippen LogP contribution in [0.5, 0.6) is 0 Å². The van der Waals surface area contributed by atoms with Crippen LogP contribution < -0.4 is 0 Å². The first-order valence-corrected chi connectivity index (χ1v) is 17.1. The molecule has 105 valence electrons. The molecule has 0 amide bonds. The second-order valence-electron chi connectivity index (χ2n) is 5.96. The topological polar surface area (TPSA) is 20.2 Å².